The summed E-state index contributed by atoms with van der Waals surface area (Å²) < 4.78 is 5.39. The van der Waals surface area contributed by atoms with Gasteiger partial charge in [0.1, 0.15) is 18.1 Å². The largest absolute Gasteiger partial charge is 0.424 e. The van der Waals surface area contributed by atoms with Crippen LogP contribution in [0.15, 0.2) is 30.6 Å². The second-order valence-electron chi connectivity index (χ2n) is 3.68. The van der Waals surface area contributed by atoms with E-state index in [9.17, 15) is 10.1 Å². The third kappa shape index (κ3) is 2.81. The SMILES string of the molecule is Cc1cc(C#N)ccc1Oc1ncc([N+](=O)[O-])cn1. The molecule has 19 heavy (non-hydrogen) atoms. The Bertz CT molecular complexity index is 662. The van der Waals surface area contributed by atoms with Gasteiger partial charge in [0.25, 0.3) is 0 Å². The number of aryl methyl sites for hydroxylation is 1. The van der Waals surface area contributed by atoms with Crippen LogP contribution in [0.1, 0.15) is 11.1 Å². The van der Waals surface area contributed by atoms with Crippen LogP contribution >= 0.6 is 0 Å². The fraction of sp³-hybridized carbons (Fsp3) is 0.0833. The number of hydrogen-bond acceptors (Lipinski definition) is 6. The Labute approximate surface area is 108 Å². The third-order valence-corrected chi connectivity index (χ3v) is 2.33. The number of ether oxygens (including phenoxy) is 1. The first-order chi connectivity index (χ1) is 9.10. The quantitative estimate of drug-likeness (QED) is 0.617. The highest BCUT2D eigenvalue weighted by molar-refractivity contribution is 5.42. The van der Waals surface area contributed by atoms with Crippen LogP contribution in [0.5, 0.6) is 11.8 Å². The van der Waals surface area contributed by atoms with E-state index in [0.717, 1.165) is 18.0 Å². The van der Waals surface area contributed by atoms with Crippen molar-refractivity contribution in [3.8, 4) is 17.8 Å². The van der Waals surface area contributed by atoms with E-state index in [4.69, 9.17) is 10.00 Å². The van der Waals surface area contributed by atoms with Crippen LogP contribution in [0.4, 0.5) is 5.69 Å². The van der Waals surface area contributed by atoms with E-state index in [-0.39, 0.29) is 11.7 Å². The smallest absolute Gasteiger partial charge is 0.322 e. The van der Waals surface area contributed by atoms with Crippen LogP contribution in [-0.4, -0.2) is 14.9 Å². The molecule has 2 aromatic rings. The molecule has 0 atom stereocenters. The Kier molecular flexibility index (Phi) is 3.34. The second kappa shape index (κ2) is 5.10. The number of nitrogens with zero attached hydrogens (tertiary/aromatic N) is 4. The summed E-state index contributed by atoms with van der Waals surface area (Å²) in [5.41, 5.74) is 1.07. The summed E-state index contributed by atoms with van der Waals surface area (Å²) >= 11 is 0. The maximum absolute atomic E-state index is 10.4. The first-order valence-electron chi connectivity index (χ1n) is 5.25. The van der Waals surface area contributed by atoms with Crippen molar-refractivity contribution in [2.24, 2.45) is 0 Å². The lowest BCUT2D eigenvalue weighted by Crippen LogP contribution is -1.96. The molecule has 0 unspecified atom stereocenters. The van der Waals surface area contributed by atoms with Crippen LogP contribution < -0.4 is 4.74 Å². The van der Waals surface area contributed by atoms with Crippen molar-refractivity contribution in [1.82, 2.24) is 9.97 Å². The molecule has 1 aromatic carbocycles. The zero-order valence-corrected chi connectivity index (χ0v) is 9.90. The Balaban J connectivity index is 2.22. The number of nitriles is 1. The maximum Gasteiger partial charge on any atom is 0.322 e. The normalized spacial score (nSPS) is 9.68. The third-order valence-electron chi connectivity index (χ3n) is 2.33. The summed E-state index contributed by atoms with van der Waals surface area (Å²) in [5.74, 6) is 0.493. The number of hydrogen-bond donors (Lipinski definition) is 0. The van der Waals surface area contributed by atoms with Crippen molar-refractivity contribution < 1.29 is 9.66 Å². The average Bonchev–Trinajstić information content (AvgIpc) is 2.41. The molecule has 0 aliphatic carbocycles. The zero-order chi connectivity index (χ0) is 13.8. The van der Waals surface area contributed by atoms with Crippen molar-refractivity contribution in [1.29, 1.82) is 5.26 Å². The summed E-state index contributed by atoms with van der Waals surface area (Å²) in [6, 6.07) is 6.93. The van der Waals surface area contributed by atoms with Crippen molar-refractivity contribution in [2.45, 2.75) is 6.92 Å². The monoisotopic (exact) mass is 256 g/mol. The first-order valence-corrected chi connectivity index (χ1v) is 5.25. The van der Waals surface area contributed by atoms with Crippen LogP contribution in [0, 0.1) is 28.4 Å². The van der Waals surface area contributed by atoms with E-state index in [1.807, 2.05) is 6.07 Å². The molecule has 94 valence electrons. The van der Waals surface area contributed by atoms with Gasteiger partial charge in [-0.2, -0.15) is 15.2 Å². The Hall–Kier alpha value is -3.01. The zero-order valence-electron chi connectivity index (χ0n) is 9.90. The van der Waals surface area contributed by atoms with Gasteiger partial charge in [0.05, 0.1) is 16.6 Å². The van der Waals surface area contributed by atoms with Gasteiger partial charge in [-0.1, -0.05) is 0 Å². The van der Waals surface area contributed by atoms with Crippen molar-refractivity contribution >= 4 is 5.69 Å². The van der Waals surface area contributed by atoms with E-state index in [1.54, 1.807) is 25.1 Å². The van der Waals surface area contributed by atoms with E-state index in [1.165, 1.54) is 0 Å². The fourth-order valence-electron chi connectivity index (χ4n) is 1.39. The predicted octanol–water partition coefficient (Wildman–Crippen LogP) is 2.36. The van der Waals surface area contributed by atoms with Crippen molar-refractivity contribution in [3.05, 3.63) is 51.8 Å². The number of aromatic nitrogens is 2. The molecule has 7 heteroatoms. The average molecular weight is 256 g/mol. The summed E-state index contributed by atoms with van der Waals surface area (Å²) in [5, 5.41) is 19.2. The van der Waals surface area contributed by atoms with Crippen molar-refractivity contribution in [3.63, 3.8) is 0 Å². The minimum absolute atomic E-state index is 0.0124. The predicted molar refractivity (Wildman–Crippen MR) is 64.7 cm³/mol. The lowest BCUT2D eigenvalue weighted by Gasteiger charge is -2.06. The molecular weight excluding hydrogens is 248 g/mol. The minimum Gasteiger partial charge on any atom is -0.424 e. The molecule has 0 fully saturated rings. The highest BCUT2D eigenvalue weighted by Gasteiger charge is 2.09. The molecule has 0 amide bonds. The molecule has 0 aliphatic rings. The molecular formula is C12H8N4O3. The van der Waals surface area contributed by atoms with Gasteiger partial charge in [-0.15, -0.1) is 0 Å². The Morgan fingerprint density at radius 2 is 2.05 bits per heavy atom. The topological polar surface area (TPSA) is 102 Å². The first kappa shape index (κ1) is 12.4. The molecule has 0 spiro atoms. The van der Waals surface area contributed by atoms with Crippen LogP contribution in [0.2, 0.25) is 0 Å². The molecule has 0 radical (unpaired) electrons. The summed E-state index contributed by atoms with van der Waals surface area (Å²) in [6.07, 6.45) is 2.14. The summed E-state index contributed by atoms with van der Waals surface area (Å²) in [6.45, 7) is 1.78. The van der Waals surface area contributed by atoms with E-state index in [0.29, 0.717) is 11.3 Å². The molecule has 0 aliphatic heterocycles. The van der Waals surface area contributed by atoms with E-state index < -0.39 is 4.92 Å². The van der Waals surface area contributed by atoms with Crippen LogP contribution in [0.25, 0.3) is 0 Å². The van der Waals surface area contributed by atoms with E-state index >= 15 is 0 Å². The number of benzene rings is 1. The van der Waals surface area contributed by atoms with Crippen LogP contribution in [-0.2, 0) is 0 Å². The molecule has 7 nitrogen and oxygen atoms in total. The fourth-order valence-corrected chi connectivity index (χ4v) is 1.39. The summed E-state index contributed by atoms with van der Waals surface area (Å²) in [4.78, 5) is 17.3. The molecule has 1 aromatic heterocycles. The lowest BCUT2D eigenvalue weighted by molar-refractivity contribution is -0.385. The van der Waals surface area contributed by atoms with Gasteiger partial charge in [-0.05, 0) is 30.7 Å². The van der Waals surface area contributed by atoms with E-state index in [2.05, 4.69) is 9.97 Å². The van der Waals surface area contributed by atoms with Gasteiger partial charge >= 0.3 is 11.7 Å². The number of nitro groups is 1. The maximum atomic E-state index is 10.4. The standard InChI is InChI=1S/C12H8N4O3/c1-8-4-9(5-13)2-3-11(8)19-12-14-6-10(7-15-12)16(17)18/h2-4,6-7H,1H3. The molecule has 0 saturated heterocycles. The van der Waals surface area contributed by atoms with Gasteiger partial charge in [0.2, 0.25) is 0 Å². The molecule has 1 heterocycles. The summed E-state index contributed by atoms with van der Waals surface area (Å²) in [7, 11) is 0. The van der Waals surface area contributed by atoms with Gasteiger partial charge in [0, 0.05) is 0 Å². The van der Waals surface area contributed by atoms with Gasteiger partial charge in [-0.3, -0.25) is 10.1 Å². The molecule has 0 bridgehead atoms. The molecule has 2 rings (SSSR count). The van der Waals surface area contributed by atoms with Gasteiger partial charge in [0.15, 0.2) is 0 Å². The molecule has 0 saturated carbocycles. The van der Waals surface area contributed by atoms with Gasteiger partial charge in [-0.25, -0.2) is 0 Å². The van der Waals surface area contributed by atoms with Crippen molar-refractivity contribution in [2.75, 3.05) is 0 Å². The van der Waals surface area contributed by atoms with Crippen LogP contribution in [0.3, 0.4) is 0 Å². The molecule has 0 N–H and O–H groups in total. The van der Waals surface area contributed by atoms with Gasteiger partial charge < -0.3 is 4.74 Å². The minimum atomic E-state index is -0.587. The Morgan fingerprint density at radius 1 is 1.37 bits per heavy atom. The number of rotatable bonds is 3. The second-order valence-corrected chi connectivity index (χ2v) is 3.68. The highest BCUT2D eigenvalue weighted by atomic mass is 16.6. The lowest BCUT2D eigenvalue weighted by atomic mass is 10.1. The highest BCUT2D eigenvalue weighted by Crippen LogP contribution is 2.23. The Morgan fingerprint density at radius 3 is 2.58 bits per heavy atom.